The minimum absolute atomic E-state index is 0.0181. The molecule has 0 fully saturated rings. The SMILES string of the molecule is CCc1ccccc1Nc1ccc(NC(=O)C(C)(C)C)cc1. The number of nitrogens with one attached hydrogen (secondary N) is 2. The molecule has 2 N–H and O–H groups in total. The smallest absolute Gasteiger partial charge is 0.229 e. The van der Waals surface area contributed by atoms with Crippen LogP contribution in [-0.4, -0.2) is 5.91 Å². The number of hydrogen-bond acceptors (Lipinski definition) is 2. The molecule has 0 radical (unpaired) electrons. The standard InChI is InChI=1S/C19H24N2O/c1-5-14-8-6-7-9-17(14)20-15-10-12-16(13-11-15)21-18(22)19(2,3)4/h6-13,20H,5H2,1-4H3,(H,21,22). The summed E-state index contributed by atoms with van der Waals surface area (Å²) in [6.45, 7) is 7.85. The molecule has 0 aliphatic carbocycles. The number of para-hydroxylation sites is 1. The van der Waals surface area contributed by atoms with Crippen LogP contribution in [0.2, 0.25) is 0 Å². The zero-order chi connectivity index (χ0) is 16.2. The van der Waals surface area contributed by atoms with Gasteiger partial charge in [0.15, 0.2) is 0 Å². The highest BCUT2D eigenvalue weighted by molar-refractivity contribution is 5.94. The van der Waals surface area contributed by atoms with Gasteiger partial charge in [0.2, 0.25) is 5.91 Å². The molecule has 0 bridgehead atoms. The van der Waals surface area contributed by atoms with Crippen LogP contribution < -0.4 is 10.6 Å². The second-order valence-electron chi connectivity index (χ2n) is 6.42. The van der Waals surface area contributed by atoms with Crippen molar-refractivity contribution < 1.29 is 4.79 Å². The number of carbonyl (C=O) groups excluding carboxylic acids is 1. The van der Waals surface area contributed by atoms with Gasteiger partial charge in [-0.3, -0.25) is 4.79 Å². The van der Waals surface area contributed by atoms with Crippen LogP contribution in [0.3, 0.4) is 0 Å². The highest BCUT2D eigenvalue weighted by atomic mass is 16.2. The van der Waals surface area contributed by atoms with Crippen molar-refractivity contribution in [1.29, 1.82) is 0 Å². The summed E-state index contributed by atoms with van der Waals surface area (Å²) in [5, 5.41) is 6.35. The van der Waals surface area contributed by atoms with Gasteiger partial charge < -0.3 is 10.6 Å². The zero-order valence-corrected chi connectivity index (χ0v) is 13.7. The summed E-state index contributed by atoms with van der Waals surface area (Å²) in [7, 11) is 0. The molecule has 0 saturated heterocycles. The number of benzene rings is 2. The average Bonchev–Trinajstić information content (AvgIpc) is 2.49. The van der Waals surface area contributed by atoms with E-state index in [1.165, 1.54) is 5.56 Å². The predicted molar refractivity (Wildman–Crippen MR) is 93.6 cm³/mol. The van der Waals surface area contributed by atoms with E-state index in [1.807, 2.05) is 51.1 Å². The van der Waals surface area contributed by atoms with Gasteiger partial charge in [-0.1, -0.05) is 45.9 Å². The fourth-order valence-electron chi connectivity index (χ4n) is 2.06. The molecule has 2 aromatic rings. The van der Waals surface area contributed by atoms with Crippen LogP contribution in [0.4, 0.5) is 17.1 Å². The molecular formula is C19H24N2O. The van der Waals surface area contributed by atoms with Crippen molar-refractivity contribution in [2.45, 2.75) is 34.1 Å². The van der Waals surface area contributed by atoms with Gasteiger partial charge in [0.05, 0.1) is 0 Å². The van der Waals surface area contributed by atoms with E-state index < -0.39 is 5.41 Å². The van der Waals surface area contributed by atoms with Crippen molar-refractivity contribution in [2.24, 2.45) is 5.41 Å². The fourth-order valence-corrected chi connectivity index (χ4v) is 2.06. The van der Waals surface area contributed by atoms with Crippen LogP contribution in [0.1, 0.15) is 33.3 Å². The first kappa shape index (κ1) is 16.1. The largest absolute Gasteiger partial charge is 0.355 e. The summed E-state index contributed by atoms with van der Waals surface area (Å²) >= 11 is 0. The van der Waals surface area contributed by atoms with Gasteiger partial charge in [-0.25, -0.2) is 0 Å². The summed E-state index contributed by atoms with van der Waals surface area (Å²) in [6, 6.07) is 16.1. The molecule has 0 atom stereocenters. The topological polar surface area (TPSA) is 41.1 Å². The zero-order valence-electron chi connectivity index (χ0n) is 13.7. The Morgan fingerprint density at radius 3 is 2.14 bits per heavy atom. The van der Waals surface area contributed by atoms with Gasteiger partial charge in [-0.2, -0.15) is 0 Å². The Labute approximate surface area is 132 Å². The van der Waals surface area contributed by atoms with Crippen molar-refractivity contribution in [3.05, 3.63) is 54.1 Å². The maximum atomic E-state index is 12.0. The van der Waals surface area contributed by atoms with Crippen molar-refractivity contribution >= 4 is 23.0 Å². The number of aryl methyl sites for hydroxylation is 1. The van der Waals surface area contributed by atoms with Crippen LogP contribution in [0, 0.1) is 5.41 Å². The number of carbonyl (C=O) groups is 1. The van der Waals surface area contributed by atoms with E-state index in [1.54, 1.807) is 0 Å². The Balaban J connectivity index is 2.08. The first-order chi connectivity index (χ1) is 10.4. The van der Waals surface area contributed by atoms with E-state index in [9.17, 15) is 4.79 Å². The maximum Gasteiger partial charge on any atom is 0.229 e. The van der Waals surface area contributed by atoms with E-state index in [0.717, 1.165) is 23.5 Å². The molecule has 0 aliphatic heterocycles. The number of hydrogen-bond donors (Lipinski definition) is 2. The monoisotopic (exact) mass is 296 g/mol. The Hall–Kier alpha value is -2.29. The molecule has 22 heavy (non-hydrogen) atoms. The lowest BCUT2D eigenvalue weighted by Crippen LogP contribution is -2.27. The van der Waals surface area contributed by atoms with E-state index in [-0.39, 0.29) is 5.91 Å². The molecule has 2 aromatic carbocycles. The number of anilines is 3. The maximum absolute atomic E-state index is 12.0. The quantitative estimate of drug-likeness (QED) is 0.835. The molecule has 0 aromatic heterocycles. The molecule has 1 amide bonds. The van der Waals surface area contributed by atoms with E-state index in [0.29, 0.717) is 0 Å². The number of amides is 1. The second kappa shape index (κ2) is 6.65. The lowest BCUT2D eigenvalue weighted by molar-refractivity contribution is -0.123. The van der Waals surface area contributed by atoms with Gasteiger partial charge in [0, 0.05) is 22.5 Å². The molecule has 0 unspecified atom stereocenters. The Morgan fingerprint density at radius 2 is 1.55 bits per heavy atom. The van der Waals surface area contributed by atoms with Gasteiger partial charge in [-0.05, 0) is 42.3 Å². The van der Waals surface area contributed by atoms with Crippen molar-refractivity contribution in [1.82, 2.24) is 0 Å². The lowest BCUT2D eigenvalue weighted by atomic mass is 9.95. The molecule has 3 nitrogen and oxygen atoms in total. The molecule has 116 valence electrons. The van der Waals surface area contributed by atoms with Crippen LogP contribution >= 0.6 is 0 Å². The average molecular weight is 296 g/mol. The third-order valence-corrected chi connectivity index (χ3v) is 3.50. The van der Waals surface area contributed by atoms with Crippen LogP contribution in [0.25, 0.3) is 0 Å². The molecule has 0 spiro atoms. The Morgan fingerprint density at radius 1 is 0.955 bits per heavy atom. The summed E-state index contributed by atoms with van der Waals surface area (Å²) < 4.78 is 0. The molecule has 0 heterocycles. The number of rotatable bonds is 4. The molecule has 2 rings (SSSR count). The highest BCUT2D eigenvalue weighted by Gasteiger charge is 2.20. The van der Waals surface area contributed by atoms with Crippen LogP contribution in [0.15, 0.2) is 48.5 Å². The minimum Gasteiger partial charge on any atom is -0.355 e. The van der Waals surface area contributed by atoms with Gasteiger partial charge in [-0.15, -0.1) is 0 Å². The van der Waals surface area contributed by atoms with Gasteiger partial charge in [0.25, 0.3) is 0 Å². The van der Waals surface area contributed by atoms with Gasteiger partial charge >= 0.3 is 0 Å². The van der Waals surface area contributed by atoms with E-state index in [2.05, 4.69) is 35.8 Å². The summed E-state index contributed by atoms with van der Waals surface area (Å²) in [6.07, 6.45) is 0.989. The van der Waals surface area contributed by atoms with E-state index >= 15 is 0 Å². The lowest BCUT2D eigenvalue weighted by Gasteiger charge is -2.18. The van der Waals surface area contributed by atoms with Crippen molar-refractivity contribution in [3.63, 3.8) is 0 Å². The van der Waals surface area contributed by atoms with E-state index in [4.69, 9.17) is 0 Å². The molecule has 0 saturated carbocycles. The normalized spacial score (nSPS) is 11.1. The molecular weight excluding hydrogens is 272 g/mol. The predicted octanol–water partition coefficient (Wildman–Crippen LogP) is 4.98. The summed E-state index contributed by atoms with van der Waals surface area (Å²) in [5.74, 6) is 0.0181. The van der Waals surface area contributed by atoms with Gasteiger partial charge in [0.1, 0.15) is 0 Å². The Kier molecular flexibility index (Phi) is 4.86. The van der Waals surface area contributed by atoms with Crippen LogP contribution in [-0.2, 0) is 11.2 Å². The second-order valence-corrected chi connectivity index (χ2v) is 6.42. The third-order valence-electron chi connectivity index (χ3n) is 3.50. The Bertz CT molecular complexity index is 639. The third kappa shape index (κ3) is 4.10. The summed E-state index contributed by atoms with van der Waals surface area (Å²) in [4.78, 5) is 12.0. The molecule has 0 aliphatic rings. The summed E-state index contributed by atoms with van der Waals surface area (Å²) in [5.41, 5.74) is 3.84. The van der Waals surface area contributed by atoms with Crippen molar-refractivity contribution in [3.8, 4) is 0 Å². The highest BCUT2D eigenvalue weighted by Crippen LogP contribution is 2.23. The van der Waals surface area contributed by atoms with Crippen molar-refractivity contribution in [2.75, 3.05) is 10.6 Å². The fraction of sp³-hybridized carbons (Fsp3) is 0.316. The minimum atomic E-state index is -0.392. The first-order valence-electron chi connectivity index (χ1n) is 7.66. The molecule has 3 heteroatoms. The van der Waals surface area contributed by atoms with Crippen LogP contribution in [0.5, 0.6) is 0 Å². The first-order valence-corrected chi connectivity index (χ1v) is 7.66.